The highest BCUT2D eigenvalue weighted by molar-refractivity contribution is 5.93. The van der Waals surface area contributed by atoms with Crippen molar-refractivity contribution in [2.45, 2.75) is 6.42 Å². The highest BCUT2D eigenvalue weighted by Gasteiger charge is 2.12. The Balaban J connectivity index is 1.46. The molecule has 0 aliphatic carbocycles. The number of carbonyl (C=O) groups excluding carboxylic acids is 1. The molecule has 1 aromatic heterocycles. The van der Waals surface area contributed by atoms with E-state index in [1.165, 1.54) is 12.1 Å². The number of hydrogen-bond donors (Lipinski definition) is 3. The normalized spacial score (nSPS) is 15.4. The molecule has 128 valence electrons. The van der Waals surface area contributed by atoms with Crippen molar-refractivity contribution in [3.63, 3.8) is 0 Å². The first-order valence-electron chi connectivity index (χ1n) is 8.25. The fourth-order valence-corrected chi connectivity index (χ4v) is 2.74. The van der Waals surface area contributed by atoms with E-state index in [-0.39, 0.29) is 11.7 Å². The van der Waals surface area contributed by atoms with Crippen LogP contribution in [-0.2, 0) is 0 Å². The van der Waals surface area contributed by atoms with E-state index in [4.69, 9.17) is 0 Å². The molecule has 0 spiro atoms. The van der Waals surface area contributed by atoms with Gasteiger partial charge in [-0.05, 0) is 43.3 Å². The van der Waals surface area contributed by atoms with E-state index < -0.39 is 0 Å². The lowest BCUT2D eigenvalue weighted by Crippen LogP contribution is -2.44. The van der Waals surface area contributed by atoms with E-state index in [0.29, 0.717) is 17.9 Å². The Morgan fingerprint density at radius 2 is 2.00 bits per heavy atom. The first-order valence-corrected chi connectivity index (χ1v) is 8.25. The Bertz CT molecular complexity index is 664. The molecule has 2 aromatic rings. The highest BCUT2D eigenvalue weighted by atomic mass is 19.1. The molecule has 0 atom stereocenters. The van der Waals surface area contributed by atoms with Crippen LogP contribution in [0.5, 0.6) is 0 Å². The van der Waals surface area contributed by atoms with Crippen LogP contribution in [0.25, 0.3) is 11.3 Å². The van der Waals surface area contributed by atoms with E-state index in [9.17, 15) is 9.18 Å². The lowest BCUT2D eigenvalue weighted by molar-refractivity contribution is 0.0946. The molecule has 0 saturated carbocycles. The van der Waals surface area contributed by atoms with Gasteiger partial charge in [0.1, 0.15) is 11.5 Å². The van der Waals surface area contributed by atoms with Gasteiger partial charge in [0.05, 0.1) is 5.69 Å². The van der Waals surface area contributed by atoms with Crippen molar-refractivity contribution in [1.82, 2.24) is 25.7 Å². The fraction of sp³-hybridized carbons (Fsp3) is 0.412. The van der Waals surface area contributed by atoms with Crippen molar-refractivity contribution in [2.24, 2.45) is 0 Å². The number of carbonyl (C=O) groups is 1. The molecule has 1 amide bonds. The Labute approximate surface area is 140 Å². The number of amides is 1. The fourth-order valence-electron chi connectivity index (χ4n) is 2.74. The summed E-state index contributed by atoms with van der Waals surface area (Å²) in [5.74, 6) is -0.465. The second-order valence-corrected chi connectivity index (χ2v) is 5.87. The molecular formula is C17H22FN5O. The molecular weight excluding hydrogens is 309 g/mol. The molecule has 0 radical (unpaired) electrons. The van der Waals surface area contributed by atoms with Gasteiger partial charge in [-0.15, -0.1) is 0 Å². The molecule has 1 aromatic carbocycles. The van der Waals surface area contributed by atoms with Gasteiger partial charge >= 0.3 is 0 Å². The van der Waals surface area contributed by atoms with E-state index in [1.54, 1.807) is 18.2 Å². The second-order valence-electron chi connectivity index (χ2n) is 5.87. The van der Waals surface area contributed by atoms with Gasteiger partial charge < -0.3 is 15.5 Å². The molecule has 1 fully saturated rings. The largest absolute Gasteiger partial charge is 0.351 e. The third kappa shape index (κ3) is 4.39. The van der Waals surface area contributed by atoms with Crippen LogP contribution in [-0.4, -0.2) is 60.3 Å². The molecule has 3 rings (SSSR count). The average Bonchev–Trinajstić information content (AvgIpc) is 3.10. The second kappa shape index (κ2) is 8.03. The molecule has 7 heteroatoms. The highest BCUT2D eigenvalue weighted by Crippen LogP contribution is 2.17. The molecule has 2 heterocycles. The average molecular weight is 331 g/mol. The Hall–Kier alpha value is -2.25. The third-order valence-corrected chi connectivity index (χ3v) is 4.11. The van der Waals surface area contributed by atoms with Crippen LogP contribution in [0.15, 0.2) is 30.3 Å². The first-order chi connectivity index (χ1) is 11.7. The number of hydrogen-bond acceptors (Lipinski definition) is 4. The van der Waals surface area contributed by atoms with Crippen LogP contribution >= 0.6 is 0 Å². The number of H-pyrrole nitrogens is 1. The van der Waals surface area contributed by atoms with Gasteiger partial charge in [0.2, 0.25) is 0 Å². The van der Waals surface area contributed by atoms with E-state index >= 15 is 0 Å². The van der Waals surface area contributed by atoms with Gasteiger partial charge in [-0.25, -0.2) is 4.39 Å². The minimum atomic E-state index is -0.295. The quantitative estimate of drug-likeness (QED) is 0.697. The van der Waals surface area contributed by atoms with E-state index in [1.807, 2.05) is 0 Å². The van der Waals surface area contributed by atoms with Gasteiger partial charge in [0.25, 0.3) is 5.91 Å². The van der Waals surface area contributed by atoms with Crippen molar-refractivity contribution < 1.29 is 9.18 Å². The number of nitrogens with zero attached hydrogens (tertiary/aromatic N) is 2. The summed E-state index contributed by atoms with van der Waals surface area (Å²) in [5.41, 5.74) is 1.81. The Kier molecular flexibility index (Phi) is 5.55. The molecule has 3 N–H and O–H groups in total. The molecule has 0 unspecified atom stereocenters. The predicted octanol–water partition coefficient (Wildman–Crippen LogP) is 1.24. The van der Waals surface area contributed by atoms with Crippen molar-refractivity contribution in [2.75, 3.05) is 39.3 Å². The molecule has 1 aliphatic rings. The van der Waals surface area contributed by atoms with Crippen molar-refractivity contribution >= 4 is 5.91 Å². The van der Waals surface area contributed by atoms with E-state index in [0.717, 1.165) is 44.7 Å². The number of piperazine rings is 1. The molecule has 0 bridgehead atoms. The maximum atomic E-state index is 12.9. The number of benzene rings is 1. The van der Waals surface area contributed by atoms with Crippen LogP contribution in [0.1, 0.15) is 16.9 Å². The summed E-state index contributed by atoms with van der Waals surface area (Å²) >= 11 is 0. The van der Waals surface area contributed by atoms with Gasteiger partial charge in [-0.1, -0.05) is 0 Å². The van der Waals surface area contributed by atoms with Crippen molar-refractivity contribution in [3.05, 3.63) is 41.8 Å². The van der Waals surface area contributed by atoms with Gasteiger partial charge in [0, 0.05) is 38.3 Å². The van der Waals surface area contributed by atoms with Crippen LogP contribution in [0, 0.1) is 5.82 Å². The maximum absolute atomic E-state index is 12.9. The van der Waals surface area contributed by atoms with Gasteiger partial charge in [-0.3, -0.25) is 9.89 Å². The minimum absolute atomic E-state index is 0.170. The number of rotatable bonds is 6. The summed E-state index contributed by atoms with van der Waals surface area (Å²) in [5, 5.41) is 13.1. The zero-order valence-corrected chi connectivity index (χ0v) is 13.5. The summed E-state index contributed by atoms with van der Waals surface area (Å²) in [6, 6.07) is 7.71. The van der Waals surface area contributed by atoms with Gasteiger partial charge in [0.15, 0.2) is 0 Å². The lowest BCUT2D eigenvalue weighted by Gasteiger charge is -2.26. The molecule has 6 nitrogen and oxygen atoms in total. The molecule has 1 saturated heterocycles. The Morgan fingerprint density at radius 1 is 1.25 bits per heavy atom. The summed E-state index contributed by atoms with van der Waals surface area (Å²) < 4.78 is 12.9. The minimum Gasteiger partial charge on any atom is -0.351 e. The lowest BCUT2D eigenvalue weighted by atomic mass is 10.1. The Morgan fingerprint density at radius 3 is 2.75 bits per heavy atom. The zero-order chi connectivity index (χ0) is 16.8. The molecule has 24 heavy (non-hydrogen) atoms. The SMILES string of the molecule is O=C(NCCCN1CCNCC1)c1cc(-c2ccc(F)cc2)n[nH]1. The summed E-state index contributed by atoms with van der Waals surface area (Å²) in [7, 11) is 0. The maximum Gasteiger partial charge on any atom is 0.269 e. The monoisotopic (exact) mass is 331 g/mol. The van der Waals surface area contributed by atoms with E-state index in [2.05, 4.69) is 25.7 Å². The number of halogens is 1. The van der Waals surface area contributed by atoms with Crippen LogP contribution in [0.2, 0.25) is 0 Å². The number of aromatic amines is 1. The summed E-state index contributed by atoms with van der Waals surface area (Å²) in [6.07, 6.45) is 0.921. The van der Waals surface area contributed by atoms with Gasteiger partial charge in [-0.2, -0.15) is 5.10 Å². The number of nitrogens with one attached hydrogen (secondary N) is 3. The number of aromatic nitrogens is 2. The third-order valence-electron chi connectivity index (χ3n) is 4.11. The molecule has 1 aliphatic heterocycles. The summed E-state index contributed by atoms with van der Waals surface area (Å²) in [6.45, 7) is 5.82. The standard InChI is InChI=1S/C17H22FN5O/c18-14-4-2-13(3-5-14)15-12-16(22-21-15)17(24)20-6-1-9-23-10-7-19-8-11-23/h2-5,12,19H,1,6-11H2,(H,20,24)(H,21,22). The zero-order valence-electron chi connectivity index (χ0n) is 13.5. The van der Waals surface area contributed by atoms with Crippen LogP contribution < -0.4 is 10.6 Å². The summed E-state index contributed by atoms with van der Waals surface area (Å²) in [4.78, 5) is 14.5. The van der Waals surface area contributed by atoms with Crippen molar-refractivity contribution in [3.8, 4) is 11.3 Å². The topological polar surface area (TPSA) is 73.1 Å². The smallest absolute Gasteiger partial charge is 0.269 e. The van der Waals surface area contributed by atoms with Crippen LogP contribution in [0.3, 0.4) is 0 Å². The predicted molar refractivity (Wildman–Crippen MR) is 90.2 cm³/mol. The van der Waals surface area contributed by atoms with Crippen LogP contribution in [0.4, 0.5) is 4.39 Å². The van der Waals surface area contributed by atoms with Crippen molar-refractivity contribution in [1.29, 1.82) is 0 Å². The first kappa shape index (κ1) is 16.6.